The molecule has 0 fully saturated rings. The van der Waals surface area contributed by atoms with E-state index in [1.54, 1.807) is 0 Å². The van der Waals surface area contributed by atoms with Gasteiger partial charge < -0.3 is 10.1 Å². The third-order valence-electron chi connectivity index (χ3n) is 1.74. The second-order valence-electron chi connectivity index (χ2n) is 2.93. The summed E-state index contributed by atoms with van der Waals surface area (Å²) in [6.07, 6.45) is 0. The zero-order chi connectivity index (χ0) is 10.2. The van der Waals surface area contributed by atoms with Gasteiger partial charge in [0.25, 0.3) is 0 Å². The highest BCUT2D eigenvalue weighted by molar-refractivity contribution is 5.28. The Morgan fingerprint density at radius 2 is 1.93 bits per heavy atom. The van der Waals surface area contributed by atoms with Crippen LogP contribution in [-0.2, 0) is 0 Å². The van der Waals surface area contributed by atoms with Crippen LogP contribution in [0, 0.1) is 6.92 Å². The van der Waals surface area contributed by atoms with Crippen molar-refractivity contribution in [3.05, 3.63) is 36.8 Å². The van der Waals surface area contributed by atoms with Crippen molar-refractivity contribution in [1.29, 1.82) is 0 Å². The van der Waals surface area contributed by atoms with Crippen molar-refractivity contribution in [2.24, 2.45) is 0 Å². The predicted molar refractivity (Wildman–Crippen MR) is 55.2 cm³/mol. The van der Waals surface area contributed by atoms with Gasteiger partial charge in [0.1, 0.15) is 19.0 Å². The fourth-order valence-electron chi connectivity index (χ4n) is 1.02. The first kappa shape index (κ1) is 11.0. The molecule has 1 aromatic rings. The Morgan fingerprint density at radius 3 is 2.57 bits per heavy atom. The summed E-state index contributed by atoms with van der Waals surface area (Å²) < 4.78 is 17.1. The van der Waals surface area contributed by atoms with Crippen molar-refractivity contribution in [1.82, 2.24) is 5.32 Å². The van der Waals surface area contributed by atoms with E-state index in [4.69, 9.17) is 4.74 Å². The Balaban J connectivity index is 2.15. The van der Waals surface area contributed by atoms with Gasteiger partial charge in [-0.25, -0.2) is 4.39 Å². The molecule has 0 aliphatic carbocycles. The fraction of sp³-hybridized carbons (Fsp3) is 0.364. The molecular formula is C11H15FNO. The number of benzene rings is 1. The lowest BCUT2D eigenvalue weighted by atomic mass is 10.2. The van der Waals surface area contributed by atoms with Crippen molar-refractivity contribution in [2.75, 3.05) is 26.4 Å². The van der Waals surface area contributed by atoms with E-state index in [-0.39, 0.29) is 6.67 Å². The Bertz CT molecular complexity index is 248. The molecule has 0 bridgehead atoms. The van der Waals surface area contributed by atoms with Gasteiger partial charge in [-0.3, -0.25) is 0 Å². The molecular weight excluding hydrogens is 181 g/mol. The first-order valence-corrected chi connectivity index (χ1v) is 4.64. The maximum Gasteiger partial charge on any atom is 0.119 e. The summed E-state index contributed by atoms with van der Waals surface area (Å²) in [5.74, 6) is 0.819. The molecule has 0 aromatic heterocycles. The summed E-state index contributed by atoms with van der Waals surface area (Å²) >= 11 is 0. The van der Waals surface area contributed by atoms with Gasteiger partial charge in [-0.15, -0.1) is 0 Å². The monoisotopic (exact) mass is 196 g/mol. The van der Waals surface area contributed by atoms with E-state index in [0.717, 1.165) is 11.3 Å². The number of halogens is 1. The minimum atomic E-state index is -0.337. The highest BCUT2D eigenvalue weighted by Gasteiger charge is 1.92. The van der Waals surface area contributed by atoms with Gasteiger partial charge in [-0.2, -0.15) is 0 Å². The minimum Gasteiger partial charge on any atom is -0.492 e. The summed E-state index contributed by atoms with van der Waals surface area (Å²) in [7, 11) is 0. The van der Waals surface area contributed by atoms with Gasteiger partial charge in [0.05, 0.1) is 0 Å². The number of nitrogens with one attached hydrogen (secondary N) is 1. The Kier molecular flexibility index (Phi) is 5.00. The summed E-state index contributed by atoms with van der Waals surface area (Å²) in [6, 6.07) is 7.53. The van der Waals surface area contributed by atoms with Crippen molar-refractivity contribution >= 4 is 0 Å². The number of hydrogen-bond donors (Lipinski definition) is 1. The first-order valence-electron chi connectivity index (χ1n) is 4.64. The van der Waals surface area contributed by atoms with Crippen LogP contribution in [0.25, 0.3) is 0 Å². The summed E-state index contributed by atoms with van der Waals surface area (Å²) in [5.41, 5.74) is 0.966. The second-order valence-corrected chi connectivity index (χ2v) is 2.93. The SMILES string of the molecule is [CH2]c1ccc(OCCNCCF)cc1. The Labute approximate surface area is 84.1 Å². The van der Waals surface area contributed by atoms with E-state index < -0.39 is 0 Å². The third kappa shape index (κ3) is 4.23. The molecule has 3 heteroatoms. The van der Waals surface area contributed by atoms with Crippen LogP contribution >= 0.6 is 0 Å². The average Bonchev–Trinajstić information content (AvgIpc) is 2.21. The van der Waals surface area contributed by atoms with Gasteiger partial charge in [0.15, 0.2) is 0 Å². The molecule has 0 spiro atoms. The lowest BCUT2D eigenvalue weighted by molar-refractivity contribution is 0.311. The smallest absolute Gasteiger partial charge is 0.119 e. The topological polar surface area (TPSA) is 21.3 Å². The maximum absolute atomic E-state index is 11.7. The number of rotatable bonds is 6. The zero-order valence-corrected chi connectivity index (χ0v) is 8.13. The van der Waals surface area contributed by atoms with Crippen LogP contribution in [-0.4, -0.2) is 26.4 Å². The van der Waals surface area contributed by atoms with Gasteiger partial charge in [0.2, 0.25) is 0 Å². The van der Waals surface area contributed by atoms with Crippen LogP contribution in [0.5, 0.6) is 5.75 Å². The van der Waals surface area contributed by atoms with Gasteiger partial charge in [-0.1, -0.05) is 12.1 Å². The average molecular weight is 196 g/mol. The molecule has 1 N–H and O–H groups in total. The lowest BCUT2D eigenvalue weighted by Gasteiger charge is -2.06. The first-order chi connectivity index (χ1) is 6.83. The maximum atomic E-state index is 11.7. The molecule has 1 radical (unpaired) electrons. The molecule has 0 saturated carbocycles. The van der Waals surface area contributed by atoms with E-state index in [9.17, 15) is 4.39 Å². The Morgan fingerprint density at radius 1 is 1.21 bits per heavy atom. The van der Waals surface area contributed by atoms with E-state index in [2.05, 4.69) is 12.2 Å². The van der Waals surface area contributed by atoms with E-state index in [1.807, 2.05) is 24.3 Å². The molecule has 2 nitrogen and oxygen atoms in total. The van der Waals surface area contributed by atoms with Crippen LogP contribution in [0.2, 0.25) is 0 Å². The standard InChI is InChI=1S/C11H15FNO/c1-10-2-4-11(5-3-10)14-9-8-13-7-6-12/h2-5,13H,1,6-9H2. The zero-order valence-electron chi connectivity index (χ0n) is 8.13. The van der Waals surface area contributed by atoms with Crippen LogP contribution < -0.4 is 10.1 Å². The van der Waals surface area contributed by atoms with E-state index >= 15 is 0 Å². The molecule has 0 aliphatic rings. The molecule has 0 amide bonds. The highest BCUT2D eigenvalue weighted by atomic mass is 19.1. The summed E-state index contributed by atoms with van der Waals surface area (Å²) in [6.45, 7) is 5.04. The van der Waals surface area contributed by atoms with Crippen LogP contribution in [0.4, 0.5) is 4.39 Å². The third-order valence-corrected chi connectivity index (χ3v) is 1.74. The molecule has 0 saturated heterocycles. The fourth-order valence-corrected chi connectivity index (χ4v) is 1.02. The van der Waals surface area contributed by atoms with Crippen molar-refractivity contribution in [2.45, 2.75) is 0 Å². The van der Waals surface area contributed by atoms with Crippen LogP contribution in [0.15, 0.2) is 24.3 Å². The van der Waals surface area contributed by atoms with Crippen molar-refractivity contribution in [3.63, 3.8) is 0 Å². The summed E-state index contributed by atoms with van der Waals surface area (Å²) in [4.78, 5) is 0. The van der Waals surface area contributed by atoms with Crippen LogP contribution in [0.3, 0.4) is 0 Å². The summed E-state index contributed by atoms with van der Waals surface area (Å²) in [5, 5.41) is 2.90. The molecule has 0 unspecified atom stereocenters. The molecule has 0 aliphatic heterocycles. The predicted octanol–water partition coefficient (Wildman–Crippen LogP) is 1.81. The number of ether oxygens (including phenoxy) is 1. The molecule has 1 rings (SSSR count). The van der Waals surface area contributed by atoms with E-state index in [1.165, 1.54) is 0 Å². The number of hydrogen-bond acceptors (Lipinski definition) is 2. The quantitative estimate of drug-likeness (QED) is 0.700. The molecule has 0 heterocycles. The molecule has 14 heavy (non-hydrogen) atoms. The number of alkyl halides is 1. The lowest BCUT2D eigenvalue weighted by Crippen LogP contribution is -2.23. The normalized spacial score (nSPS) is 10.1. The van der Waals surface area contributed by atoms with E-state index in [0.29, 0.717) is 19.7 Å². The van der Waals surface area contributed by atoms with Crippen LogP contribution in [0.1, 0.15) is 5.56 Å². The largest absolute Gasteiger partial charge is 0.492 e. The molecule has 0 atom stereocenters. The minimum absolute atomic E-state index is 0.337. The molecule has 1 aromatic carbocycles. The van der Waals surface area contributed by atoms with Gasteiger partial charge in [-0.05, 0) is 24.6 Å². The van der Waals surface area contributed by atoms with Gasteiger partial charge in [0, 0.05) is 13.1 Å². The molecule has 77 valence electrons. The van der Waals surface area contributed by atoms with Gasteiger partial charge >= 0.3 is 0 Å². The second kappa shape index (κ2) is 6.38. The van der Waals surface area contributed by atoms with Crippen molar-refractivity contribution in [3.8, 4) is 5.75 Å². The van der Waals surface area contributed by atoms with Crippen molar-refractivity contribution < 1.29 is 9.13 Å². The highest BCUT2D eigenvalue weighted by Crippen LogP contribution is 2.10. The Hall–Kier alpha value is -1.09.